The van der Waals surface area contributed by atoms with Crippen molar-refractivity contribution in [3.8, 4) is 5.75 Å². The number of ketones is 1. The van der Waals surface area contributed by atoms with Crippen molar-refractivity contribution < 1.29 is 19.4 Å². The fourth-order valence-corrected chi connectivity index (χ4v) is 3.94. The van der Waals surface area contributed by atoms with E-state index < -0.39 is 17.7 Å². The number of amides is 1. The van der Waals surface area contributed by atoms with Gasteiger partial charge in [-0.2, -0.15) is 0 Å². The number of aryl methyl sites for hydroxylation is 2. The molecule has 0 radical (unpaired) electrons. The molecule has 1 aliphatic rings. The lowest BCUT2D eigenvalue weighted by Crippen LogP contribution is -2.32. The first kappa shape index (κ1) is 22.6. The van der Waals surface area contributed by atoms with Crippen LogP contribution in [0.2, 0.25) is 0 Å². The van der Waals surface area contributed by atoms with Crippen molar-refractivity contribution in [1.29, 1.82) is 0 Å². The van der Waals surface area contributed by atoms with Crippen LogP contribution in [-0.2, 0) is 9.59 Å². The van der Waals surface area contributed by atoms with Crippen LogP contribution < -0.4 is 4.74 Å². The van der Waals surface area contributed by atoms with Crippen LogP contribution in [0.5, 0.6) is 5.75 Å². The second kappa shape index (κ2) is 9.35. The quantitative estimate of drug-likeness (QED) is 0.419. The molecule has 31 heavy (non-hydrogen) atoms. The van der Waals surface area contributed by atoms with E-state index in [1.54, 1.807) is 30.2 Å². The number of nitrogens with zero attached hydrogens (tertiary/aromatic N) is 2. The molecule has 1 fully saturated rings. The van der Waals surface area contributed by atoms with Crippen LogP contribution in [0.25, 0.3) is 5.76 Å². The highest BCUT2D eigenvalue weighted by Gasteiger charge is 2.45. The Hall–Kier alpha value is -3.12. The third-order valence-electron chi connectivity index (χ3n) is 5.61. The first-order valence-corrected chi connectivity index (χ1v) is 10.4. The Bertz CT molecular complexity index is 1010. The van der Waals surface area contributed by atoms with Crippen molar-refractivity contribution in [3.05, 3.63) is 70.3 Å². The van der Waals surface area contributed by atoms with Crippen molar-refractivity contribution in [2.24, 2.45) is 0 Å². The van der Waals surface area contributed by atoms with Gasteiger partial charge in [0, 0.05) is 12.1 Å². The van der Waals surface area contributed by atoms with Gasteiger partial charge in [-0.3, -0.25) is 9.59 Å². The third-order valence-corrected chi connectivity index (χ3v) is 5.61. The third kappa shape index (κ3) is 4.64. The summed E-state index contributed by atoms with van der Waals surface area (Å²) in [6.45, 7) is 5.08. The number of hydrogen-bond acceptors (Lipinski definition) is 5. The van der Waals surface area contributed by atoms with E-state index in [0.29, 0.717) is 17.9 Å². The summed E-state index contributed by atoms with van der Waals surface area (Å²) in [6, 6.07) is 12.3. The van der Waals surface area contributed by atoms with Gasteiger partial charge >= 0.3 is 0 Å². The minimum absolute atomic E-state index is 0.128. The lowest BCUT2D eigenvalue weighted by atomic mass is 9.94. The minimum Gasteiger partial charge on any atom is -0.507 e. The number of benzene rings is 2. The summed E-state index contributed by atoms with van der Waals surface area (Å²) in [4.78, 5) is 29.6. The molecule has 0 aromatic heterocycles. The fraction of sp³-hybridized carbons (Fsp3) is 0.360. The van der Waals surface area contributed by atoms with Gasteiger partial charge in [0.05, 0.1) is 18.7 Å². The SMILES string of the molecule is COc1ccc(C(O)=C2C(=O)C(=O)N(CCCN(C)C)[C@H]2c2ccc(C)cc2)cc1C. The number of Topliss-reactive ketones (excluding diaryl/α,β-unsaturated/α-hetero) is 1. The molecule has 1 heterocycles. The second-order valence-corrected chi connectivity index (χ2v) is 8.24. The average Bonchev–Trinajstić information content (AvgIpc) is 2.98. The summed E-state index contributed by atoms with van der Waals surface area (Å²) in [7, 11) is 5.52. The van der Waals surface area contributed by atoms with Gasteiger partial charge in [0.25, 0.3) is 11.7 Å². The van der Waals surface area contributed by atoms with E-state index >= 15 is 0 Å². The van der Waals surface area contributed by atoms with E-state index in [4.69, 9.17) is 4.74 Å². The van der Waals surface area contributed by atoms with Crippen molar-refractivity contribution in [2.75, 3.05) is 34.3 Å². The highest BCUT2D eigenvalue weighted by atomic mass is 16.5. The maximum Gasteiger partial charge on any atom is 0.295 e. The molecule has 1 atom stereocenters. The zero-order chi connectivity index (χ0) is 22.7. The minimum atomic E-state index is -0.651. The van der Waals surface area contributed by atoms with E-state index in [2.05, 4.69) is 0 Å². The molecule has 0 spiro atoms. The number of carbonyl (C=O) groups is 2. The molecule has 0 aliphatic carbocycles. The standard InChI is InChI=1S/C25H30N2O4/c1-16-7-9-18(10-8-16)22-21(23(28)19-11-12-20(31-5)17(2)15-19)24(29)25(30)27(22)14-6-13-26(3)4/h7-12,15,22,28H,6,13-14H2,1-5H3/t22-/m0/s1. The number of likely N-dealkylation sites (tertiary alicyclic amines) is 1. The highest BCUT2D eigenvalue weighted by molar-refractivity contribution is 6.46. The van der Waals surface area contributed by atoms with Gasteiger partial charge < -0.3 is 19.6 Å². The van der Waals surface area contributed by atoms with E-state index in [1.165, 1.54) is 0 Å². The average molecular weight is 423 g/mol. The predicted octanol–water partition coefficient (Wildman–Crippen LogP) is 3.69. The Balaban J connectivity index is 2.10. The Labute approximate surface area is 183 Å². The summed E-state index contributed by atoms with van der Waals surface area (Å²) < 4.78 is 5.29. The van der Waals surface area contributed by atoms with Crippen LogP contribution in [0.4, 0.5) is 0 Å². The predicted molar refractivity (Wildman–Crippen MR) is 121 cm³/mol. The first-order chi connectivity index (χ1) is 14.7. The molecule has 1 amide bonds. The molecular formula is C25H30N2O4. The summed E-state index contributed by atoms with van der Waals surface area (Å²) in [5.74, 6) is -0.696. The zero-order valence-electron chi connectivity index (χ0n) is 18.8. The Kier molecular flexibility index (Phi) is 6.81. The Morgan fingerprint density at radius 1 is 1.10 bits per heavy atom. The van der Waals surface area contributed by atoms with Gasteiger partial charge in [0.15, 0.2) is 0 Å². The van der Waals surface area contributed by atoms with Gasteiger partial charge in [-0.05, 0) is 70.2 Å². The summed E-state index contributed by atoms with van der Waals surface area (Å²) >= 11 is 0. The largest absolute Gasteiger partial charge is 0.507 e. The molecule has 6 nitrogen and oxygen atoms in total. The Morgan fingerprint density at radius 3 is 2.35 bits per heavy atom. The number of aliphatic hydroxyl groups excluding tert-OH is 1. The number of carbonyl (C=O) groups excluding carboxylic acids is 2. The summed E-state index contributed by atoms with van der Waals surface area (Å²) in [5.41, 5.74) is 3.34. The number of rotatable bonds is 7. The number of ether oxygens (including phenoxy) is 1. The van der Waals surface area contributed by atoms with E-state index in [1.807, 2.05) is 57.1 Å². The summed E-state index contributed by atoms with van der Waals surface area (Å²) in [6.07, 6.45) is 0.726. The zero-order valence-corrected chi connectivity index (χ0v) is 18.8. The molecule has 2 aromatic rings. The molecule has 1 N–H and O–H groups in total. The number of aliphatic hydroxyl groups is 1. The molecule has 164 valence electrons. The van der Waals surface area contributed by atoms with Crippen LogP contribution in [0.3, 0.4) is 0 Å². The number of methoxy groups -OCH3 is 1. The molecule has 1 saturated heterocycles. The van der Waals surface area contributed by atoms with E-state index in [9.17, 15) is 14.7 Å². The monoisotopic (exact) mass is 422 g/mol. The van der Waals surface area contributed by atoms with Gasteiger partial charge in [0.2, 0.25) is 0 Å². The molecule has 1 aliphatic heterocycles. The van der Waals surface area contributed by atoms with Crippen LogP contribution in [0.15, 0.2) is 48.0 Å². The number of hydrogen-bond donors (Lipinski definition) is 1. The highest BCUT2D eigenvalue weighted by Crippen LogP contribution is 2.40. The maximum atomic E-state index is 13.0. The van der Waals surface area contributed by atoms with Gasteiger partial charge in [-0.1, -0.05) is 29.8 Å². The van der Waals surface area contributed by atoms with Gasteiger partial charge in [-0.15, -0.1) is 0 Å². The van der Waals surface area contributed by atoms with Crippen molar-refractivity contribution in [3.63, 3.8) is 0 Å². The summed E-state index contributed by atoms with van der Waals surface area (Å²) in [5, 5.41) is 11.1. The van der Waals surface area contributed by atoms with Gasteiger partial charge in [0.1, 0.15) is 11.5 Å². The van der Waals surface area contributed by atoms with Crippen molar-refractivity contribution in [2.45, 2.75) is 26.3 Å². The normalized spacial score (nSPS) is 18.1. The first-order valence-electron chi connectivity index (χ1n) is 10.4. The fourth-order valence-electron chi connectivity index (χ4n) is 3.94. The molecular weight excluding hydrogens is 392 g/mol. The van der Waals surface area contributed by atoms with Crippen LogP contribution in [0.1, 0.15) is 34.7 Å². The van der Waals surface area contributed by atoms with Crippen LogP contribution in [-0.4, -0.2) is 60.9 Å². The van der Waals surface area contributed by atoms with Crippen LogP contribution in [0, 0.1) is 13.8 Å². The molecule has 0 bridgehead atoms. The van der Waals surface area contributed by atoms with Crippen molar-refractivity contribution in [1.82, 2.24) is 9.80 Å². The maximum absolute atomic E-state index is 13.0. The van der Waals surface area contributed by atoms with Crippen LogP contribution >= 0.6 is 0 Å². The lowest BCUT2D eigenvalue weighted by molar-refractivity contribution is -0.139. The Morgan fingerprint density at radius 2 is 1.77 bits per heavy atom. The second-order valence-electron chi connectivity index (χ2n) is 8.24. The molecule has 0 unspecified atom stereocenters. The van der Waals surface area contributed by atoms with E-state index in [-0.39, 0.29) is 11.3 Å². The molecule has 6 heteroatoms. The molecule has 0 saturated carbocycles. The van der Waals surface area contributed by atoms with E-state index in [0.717, 1.165) is 29.7 Å². The lowest BCUT2D eigenvalue weighted by Gasteiger charge is -2.26. The van der Waals surface area contributed by atoms with Gasteiger partial charge in [-0.25, -0.2) is 0 Å². The molecule has 2 aromatic carbocycles. The smallest absolute Gasteiger partial charge is 0.295 e. The topological polar surface area (TPSA) is 70.1 Å². The van der Waals surface area contributed by atoms with Crippen molar-refractivity contribution >= 4 is 17.4 Å². The molecule has 3 rings (SSSR count).